The zero-order valence-corrected chi connectivity index (χ0v) is 12.9. The average Bonchev–Trinajstić information content (AvgIpc) is 2.72. The maximum atomic E-state index is 12.5. The molecule has 0 saturated heterocycles. The number of anilines is 1. The first-order valence-electron chi connectivity index (χ1n) is 6.53. The molecule has 0 spiro atoms. The number of hydrogen-bond acceptors (Lipinski definition) is 3. The molecule has 0 bridgehead atoms. The highest BCUT2D eigenvalue weighted by molar-refractivity contribution is 9.10. The smallest absolute Gasteiger partial charge is 0.266 e. The second-order valence-corrected chi connectivity index (χ2v) is 5.45. The minimum atomic E-state index is -0.330. The number of halogens is 1. The van der Waals surface area contributed by atoms with Gasteiger partial charge in [-0.15, -0.1) is 0 Å². The summed E-state index contributed by atoms with van der Waals surface area (Å²) in [7, 11) is 0. The van der Waals surface area contributed by atoms with E-state index in [2.05, 4.69) is 15.9 Å². The molecule has 0 N–H and O–H groups in total. The summed E-state index contributed by atoms with van der Waals surface area (Å²) in [6.07, 6.45) is 0. The number of amides is 2. The number of fused-ring (bicyclic) bond motifs is 1. The van der Waals surface area contributed by atoms with Crippen LogP contribution in [0.2, 0.25) is 0 Å². The molecular formula is C16H12BrNO3. The first-order valence-corrected chi connectivity index (χ1v) is 7.33. The molecule has 4 nitrogen and oxygen atoms in total. The van der Waals surface area contributed by atoms with E-state index >= 15 is 0 Å². The van der Waals surface area contributed by atoms with Crippen molar-refractivity contribution in [2.24, 2.45) is 0 Å². The molecule has 1 aliphatic rings. The van der Waals surface area contributed by atoms with Crippen LogP contribution in [0, 0.1) is 0 Å². The van der Waals surface area contributed by atoms with Crippen LogP contribution in [0.4, 0.5) is 5.69 Å². The van der Waals surface area contributed by atoms with E-state index in [9.17, 15) is 9.59 Å². The topological polar surface area (TPSA) is 46.6 Å². The lowest BCUT2D eigenvalue weighted by molar-refractivity contribution is 0.0925. The van der Waals surface area contributed by atoms with Gasteiger partial charge in [-0.3, -0.25) is 9.59 Å². The van der Waals surface area contributed by atoms with Crippen molar-refractivity contribution in [2.75, 3.05) is 11.5 Å². The van der Waals surface area contributed by atoms with Crippen LogP contribution in [-0.2, 0) is 0 Å². The molecule has 2 aromatic rings. The highest BCUT2D eigenvalue weighted by Gasteiger charge is 2.37. The van der Waals surface area contributed by atoms with E-state index in [1.54, 1.807) is 36.4 Å². The SMILES string of the molecule is CCOc1ccccc1N1C(=O)c2ccc(Br)cc2C1=O. The zero-order valence-electron chi connectivity index (χ0n) is 11.3. The fourth-order valence-electron chi connectivity index (χ4n) is 2.35. The maximum absolute atomic E-state index is 12.5. The molecule has 0 radical (unpaired) electrons. The van der Waals surface area contributed by atoms with Crippen molar-refractivity contribution >= 4 is 33.4 Å². The van der Waals surface area contributed by atoms with Crippen LogP contribution in [0.3, 0.4) is 0 Å². The fraction of sp³-hybridized carbons (Fsp3) is 0.125. The quantitative estimate of drug-likeness (QED) is 0.797. The third-order valence-corrected chi connectivity index (χ3v) is 3.75. The molecule has 5 heteroatoms. The summed E-state index contributed by atoms with van der Waals surface area (Å²) in [5.74, 6) is -0.133. The Morgan fingerprint density at radius 3 is 2.52 bits per heavy atom. The van der Waals surface area contributed by atoms with E-state index in [-0.39, 0.29) is 11.8 Å². The Morgan fingerprint density at radius 2 is 1.76 bits per heavy atom. The molecule has 3 rings (SSSR count). The number of rotatable bonds is 3. The van der Waals surface area contributed by atoms with E-state index < -0.39 is 0 Å². The largest absolute Gasteiger partial charge is 0.492 e. The highest BCUT2D eigenvalue weighted by atomic mass is 79.9. The number of nitrogens with zero attached hydrogens (tertiary/aromatic N) is 1. The normalized spacial score (nSPS) is 13.5. The molecule has 0 aliphatic carbocycles. The van der Waals surface area contributed by atoms with Crippen molar-refractivity contribution in [1.82, 2.24) is 0 Å². The third kappa shape index (κ3) is 2.23. The van der Waals surface area contributed by atoms with E-state index in [0.717, 1.165) is 4.47 Å². The minimum absolute atomic E-state index is 0.324. The van der Waals surface area contributed by atoms with Gasteiger partial charge in [0, 0.05) is 4.47 Å². The minimum Gasteiger partial charge on any atom is -0.492 e. The zero-order chi connectivity index (χ0) is 15.0. The van der Waals surface area contributed by atoms with Crippen molar-refractivity contribution in [2.45, 2.75) is 6.92 Å². The van der Waals surface area contributed by atoms with Crippen molar-refractivity contribution < 1.29 is 14.3 Å². The summed E-state index contributed by atoms with van der Waals surface area (Å²) in [5, 5.41) is 0. The maximum Gasteiger partial charge on any atom is 0.266 e. The molecule has 0 fully saturated rings. The molecule has 21 heavy (non-hydrogen) atoms. The number of para-hydroxylation sites is 2. The van der Waals surface area contributed by atoms with E-state index in [1.165, 1.54) is 4.90 Å². The number of imide groups is 1. The summed E-state index contributed by atoms with van der Waals surface area (Å²) in [5.41, 5.74) is 1.29. The average molecular weight is 346 g/mol. The number of benzene rings is 2. The van der Waals surface area contributed by atoms with Crippen LogP contribution in [0.15, 0.2) is 46.9 Å². The first kappa shape index (κ1) is 13.8. The summed E-state index contributed by atoms with van der Waals surface area (Å²) in [6.45, 7) is 2.32. The Kier molecular flexibility index (Phi) is 3.51. The standard InChI is InChI=1S/C16H12BrNO3/c1-2-21-14-6-4-3-5-13(14)18-15(19)11-8-7-10(17)9-12(11)16(18)20/h3-9H,2H2,1H3. The van der Waals surface area contributed by atoms with Crippen LogP contribution in [0.25, 0.3) is 0 Å². The van der Waals surface area contributed by atoms with Gasteiger partial charge in [-0.25, -0.2) is 4.90 Å². The van der Waals surface area contributed by atoms with Crippen LogP contribution in [0.1, 0.15) is 27.6 Å². The molecule has 1 aliphatic heterocycles. The van der Waals surface area contributed by atoms with Crippen molar-refractivity contribution in [3.63, 3.8) is 0 Å². The van der Waals surface area contributed by atoms with Gasteiger partial charge in [-0.2, -0.15) is 0 Å². The molecule has 106 valence electrons. The highest BCUT2D eigenvalue weighted by Crippen LogP contribution is 2.35. The van der Waals surface area contributed by atoms with Gasteiger partial charge in [0.2, 0.25) is 0 Å². The summed E-state index contributed by atoms with van der Waals surface area (Å²) >= 11 is 3.32. The van der Waals surface area contributed by atoms with Gasteiger partial charge in [0.05, 0.1) is 23.4 Å². The van der Waals surface area contributed by atoms with Gasteiger partial charge in [-0.05, 0) is 37.3 Å². The summed E-state index contributed by atoms with van der Waals surface area (Å²) in [4.78, 5) is 26.2. The van der Waals surface area contributed by atoms with E-state index in [1.807, 2.05) is 13.0 Å². The van der Waals surface area contributed by atoms with Crippen molar-refractivity contribution in [1.29, 1.82) is 0 Å². The molecular weight excluding hydrogens is 334 g/mol. The van der Waals surface area contributed by atoms with Gasteiger partial charge in [0.15, 0.2) is 0 Å². The molecule has 0 saturated carbocycles. The lowest BCUT2D eigenvalue weighted by atomic mass is 10.1. The number of carbonyl (C=O) groups is 2. The molecule has 0 atom stereocenters. The van der Waals surface area contributed by atoms with Crippen molar-refractivity contribution in [3.8, 4) is 5.75 Å². The Labute approximate surface area is 130 Å². The Hall–Kier alpha value is -2.14. The van der Waals surface area contributed by atoms with Crippen LogP contribution in [0.5, 0.6) is 5.75 Å². The molecule has 1 heterocycles. The lowest BCUT2D eigenvalue weighted by Gasteiger charge is -2.17. The Bertz CT molecular complexity index is 742. The second kappa shape index (κ2) is 5.33. The molecule has 2 amide bonds. The van der Waals surface area contributed by atoms with Gasteiger partial charge in [-0.1, -0.05) is 28.1 Å². The molecule has 0 aromatic heterocycles. The first-order chi connectivity index (χ1) is 10.1. The van der Waals surface area contributed by atoms with Gasteiger partial charge < -0.3 is 4.74 Å². The van der Waals surface area contributed by atoms with Crippen LogP contribution >= 0.6 is 15.9 Å². The fourth-order valence-corrected chi connectivity index (χ4v) is 2.71. The van der Waals surface area contributed by atoms with E-state index in [4.69, 9.17) is 4.74 Å². The number of carbonyl (C=O) groups excluding carboxylic acids is 2. The Balaban J connectivity index is 2.10. The lowest BCUT2D eigenvalue weighted by Crippen LogP contribution is -2.29. The van der Waals surface area contributed by atoms with Gasteiger partial charge in [0.25, 0.3) is 11.8 Å². The predicted molar refractivity (Wildman–Crippen MR) is 82.9 cm³/mol. The summed E-state index contributed by atoms with van der Waals surface area (Å²) in [6, 6.07) is 12.1. The predicted octanol–water partition coefficient (Wildman–Crippen LogP) is 3.65. The van der Waals surface area contributed by atoms with Crippen molar-refractivity contribution in [3.05, 3.63) is 58.1 Å². The van der Waals surface area contributed by atoms with Crippen LogP contribution in [-0.4, -0.2) is 18.4 Å². The van der Waals surface area contributed by atoms with Gasteiger partial charge in [0.1, 0.15) is 5.75 Å². The summed E-state index contributed by atoms with van der Waals surface area (Å²) < 4.78 is 6.28. The third-order valence-electron chi connectivity index (χ3n) is 3.25. The number of ether oxygens (including phenoxy) is 1. The van der Waals surface area contributed by atoms with E-state index in [0.29, 0.717) is 29.2 Å². The Morgan fingerprint density at radius 1 is 1.05 bits per heavy atom. The van der Waals surface area contributed by atoms with Crippen LogP contribution < -0.4 is 9.64 Å². The second-order valence-electron chi connectivity index (χ2n) is 4.54. The molecule has 0 unspecified atom stereocenters. The molecule has 2 aromatic carbocycles. The number of hydrogen-bond donors (Lipinski definition) is 0. The van der Waals surface area contributed by atoms with Gasteiger partial charge >= 0.3 is 0 Å². The monoisotopic (exact) mass is 345 g/mol.